The van der Waals surface area contributed by atoms with E-state index in [1.54, 1.807) is 13.2 Å². The summed E-state index contributed by atoms with van der Waals surface area (Å²) in [6.07, 6.45) is 0.495. The highest BCUT2D eigenvalue weighted by Gasteiger charge is 2.30. The first-order valence-electron chi connectivity index (χ1n) is 6.79. The Morgan fingerprint density at radius 1 is 1.38 bits per heavy atom. The lowest BCUT2D eigenvalue weighted by atomic mass is 10.1. The monoisotopic (exact) mass is 293 g/mol. The molecule has 1 unspecified atom stereocenters. The summed E-state index contributed by atoms with van der Waals surface area (Å²) in [6.45, 7) is 2.53. The molecule has 1 aromatic rings. The molecule has 1 aliphatic rings. The first-order valence-corrected chi connectivity index (χ1v) is 6.79. The molecule has 1 N–H and O–H groups in total. The molecule has 0 bridgehead atoms. The van der Waals surface area contributed by atoms with Crippen LogP contribution in [-0.2, 0) is 9.59 Å². The Bertz CT molecular complexity index is 543. The smallest absolute Gasteiger partial charge is 0.308 e. The standard InChI is InChI=1S/C15H19NO5/c1-10-3-4-12(13(7-10)20-2)21-9-14(17)16-6-5-11(8-16)15(18)19/h3-4,7,11H,5-6,8-9H2,1-2H3,(H,18,19). The largest absolute Gasteiger partial charge is 0.493 e. The number of carboxylic acids is 1. The first kappa shape index (κ1) is 15.2. The molecule has 1 amide bonds. The minimum Gasteiger partial charge on any atom is -0.493 e. The van der Waals surface area contributed by atoms with Gasteiger partial charge < -0.3 is 19.5 Å². The summed E-state index contributed by atoms with van der Waals surface area (Å²) in [6, 6.07) is 5.46. The number of hydrogen-bond acceptors (Lipinski definition) is 4. The van der Waals surface area contributed by atoms with Crippen LogP contribution in [0, 0.1) is 12.8 Å². The molecule has 6 nitrogen and oxygen atoms in total. The van der Waals surface area contributed by atoms with Gasteiger partial charge in [-0.05, 0) is 31.0 Å². The molecule has 1 fully saturated rings. The molecular weight excluding hydrogens is 274 g/mol. The van der Waals surface area contributed by atoms with E-state index in [9.17, 15) is 9.59 Å². The molecule has 0 aromatic heterocycles. The molecule has 114 valence electrons. The van der Waals surface area contributed by atoms with Gasteiger partial charge in [0.2, 0.25) is 0 Å². The van der Waals surface area contributed by atoms with Crippen LogP contribution < -0.4 is 9.47 Å². The second kappa shape index (κ2) is 6.47. The van der Waals surface area contributed by atoms with Crippen LogP contribution >= 0.6 is 0 Å². The van der Waals surface area contributed by atoms with Gasteiger partial charge in [0.15, 0.2) is 18.1 Å². The zero-order valence-corrected chi connectivity index (χ0v) is 12.2. The summed E-state index contributed by atoms with van der Waals surface area (Å²) >= 11 is 0. The number of carbonyl (C=O) groups is 2. The SMILES string of the molecule is COc1cc(C)ccc1OCC(=O)N1CCC(C(=O)O)C1. The molecule has 0 saturated carbocycles. The Balaban J connectivity index is 1.91. The lowest BCUT2D eigenvalue weighted by molar-refractivity contribution is -0.141. The van der Waals surface area contributed by atoms with Crippen molar-refractivity contribution in [3.8, 4) is 11.5 Å². The number of aryl methyl sites for hydroxylation is 1. The second-order valence-corrected chi connectivity index (χ2v) is 5.11. The number of hydrogen-bond donors (Lipinski definition) is 1. The number of amides is 1. The molecule has 1 aliphatic heterocycles. The maximum Gasteiger partial charge on any atom is 0.308 e. The summed E-state index contributed by atoms with van der Waals surface area (Å²) in [4.78, 5) is 24.4. The molecule has 21 heavy (non-hydrogen) atoms. The third-order valence-electron chi connectivity index (χ3n) is 3.56. The summed E-state index contributed by atoms with van der Waals surface area (Å²) in [5, 5.41) is 8.93. The normalized spacial score (nSPS) is 17.6. The number of likely N-dealkylation sites (tertiary alicyclic amines) is 1. The Hall–Kier alpha value is -2.24. The number of aliphatic carboxylic acids is 1. The fourth-order valence-electron chi connectivity index (χ4n) is 2.31. The molecule has 1 saturated heterocycles. The molecule has 2 rings (SSSR count). The van der Waals surface area contributed by atoms with Crippen LogP contribution in [-0.4, -0.2) is 48.7 Å². The molecule has 1 aromatic carbocycles. The lowest BCUT2D eigenvalue weighted by Gasteiger charge is -2.17. The van der Waals surface area contributed by atoms with Gasteiger partial charge >= 0.3 is 5.97 Å². The van der Waals surface area contributed by atoms with Crippen LogP contribution in [0.5, 0.6) is 11.5 Å². The van der Waals surface area contributed by atoms with Gasteiger partial charge in [0.25, 0.3) is 5.91 Å². The van der Waals surface area contributed by atoms with E-state index in [1.165, 1.54) is 4.90 Å². The van der Waals surface area contributed by atoms with Crippen molar-refractivity contribution < 1.29 is 24.2 Å². The Morgan fingerprint density at radius 2 is 2.14 bits per heavy atom. The first-order chi connectivity index (χ1) is 10.0. The van der Waals surface area contributed by atoms with Crippen LogP contribution in [0.15, 0.2) is 18.2 Å². The van der Waals surface area contributed by atoms with Crippen LogP contribution in [0.2, 0.25) is 0 Å². The summed E-state index contributed by atoms with van der Waals surface area (Å²) in [7, 11) is 1.54. The predicted octanol–water partition coefficient (Wildman–Crippen LogP) is 1.32. The van der Waals surface area contributed by atoms with Crippen molar-refractivity contribution in [2.45, 2.75) is 13.3 Å². The van der Waals surface area contributed by atoms with E-state index in [-0.39, 0.29) is 19.1 Å². The highest BCUT2D eigenvalue weighted by atomic mass is 16.5. The quantitative estimate of drug-likeness (QED) is 0.886. The van der Waals surface area contributed by atoms with E-state index >= 15 is 0 Å². The molecule has 0 radical (unpaired) electrons. The zero-order chi connectivity index (χ0) is 15.4. The number of rotatable bonds is 5. The van der Waals surface area contributed by atoms with Gasteiger partial charge in [-0.3, -0.25) is 9.59 Å². The number of carbonyl (C=O) groups excluding carboxylic acids is 1. The van der Waals surface area contributed by atoms with Crippen LogP contribution in [0.3, 0.4) is 0 Å². The maximum absolute atomic E-state index is 12.0. The fourth-order valence-corrected chi connectivity index (χ4v) is 2.31. The minimum atomic E-state index is -0.855. The second-order valence-electron chi connectivity index (χ2n) is 5.11. The topological polar surface area (TPSA) is 76.1 Å². The summed E-state index contributed by atoms with van der Waals surface area (Å²) < 4.78 is 10.7. The zero-order valence-electron chi connectivity index (χ0n) is 12.2. The molecule has 0 spiro atoms. The highest BCUT2D eigenvalue weighted by molar-refractivity contribution is 5.80. The van der Waals surface area contributed by atoms with Gasteiger partial charge in [-0.25, -0.2) is 0 Å². The molecule has 0 aliphatic carbocycles. The molecule has 1 heterocycles. The van der Waals surface area contributed by atoms with Gasteiger partial charge in [0, 0.05) is 13.1 Å². The van der Waals surface area contributed by atoms with Gasteiger partial charge in [-0.1, -0.05) is 6.07 Å². The molecule has 6 heteroatoms. The van der Waals surface area contributed by atoms with Crippen LogP contribution in [0.25, 0.3) is 0 Å². The van der Waals surface area contributed by atoms with E-state index in [1.807, 2.05) is 19.1 Å². The highest BCUT2D eigenvalue weighted by Crippen LogP contribution is 2.28. The van der Waals surface area contributed by atoms with Gasteiger partial charge in [0.1, 0.15) is 0 Å². The average molecular weight is 293 g/mol. The number of carboxylic acid groups (broad SMARTS) is 1. The van der Waals surface area contributed by atoms with Crippen molar-refractivity contribution in [2.24, 2.45) is 5.92 Å². The van der Waals surface area contributed by atoms with Crippen molar-refractivity contribution in [1.29, 1.82) is 0 Å². The van der Waals surface area contributed by atoms with Gasteiger partial charge in [-0.15, -0.1) is 0 Å². The van der Waals surface area contributed by atoms with Crippen LogP contribution in [0.1, 0.15) is 12.0 Å². The minimum absolute atomic E-state index is 0.119. The molecular formula is C15H19NO5. The van der Waals surface area contributed by atoms with E-state index in [0.717, 1.165) is 5.56 Å². The summed E-state index contributed by atoms with van der Waals surface area (Å²) in [5.74, 6) is -0.450. The van der Waals surface area contributed by atoms with Crippen molar-refractivity contribution in [3.05, 3.63) is 23.8 Å². The Kier molecular flexibility index (Phi) is 4.67. The van der Waals surface area contributed by atoms with Gasteiger partial charge in [-0.2, -0.15) is 0 Å². The number of methoxy groups -OCH3 is 1. The lowest BCUT2D eigenvalue weighted by Crippen LogP contribution is -2.33. The van der Waals surface area contributed by atoms with E-state index in [2.05, 4.69) is 0 Å². The fraction of sp³-hybridized carbons (Fsp3) is 0.467. The third-order valence-corrected chi connectivity index (χ3v) is 3.56. The number of benzene rings is 1. The maximum atomic E-state index is 12.0. The van der Waals surface area contributed by atoms with E-state index < -0.39 is 11.9 Å². The predicted molar refractivity (Wildman–Crippen MR) is 75.5 cm³/mol. The average Bonchev–Trinajstić information content (AvgIpc) is 2.95. The van der Waals surface area contributed by atoms with E-state index in [0.29, 0.717) is 24.5 Å². The number of nitrogens with zero attached hydrogens (tertiary/aromatic N) is 1. The Labute approximate surface area is 123 Å². The summed E-state index contributed by atoms with van der Waals surface area (Å²) in [5.41, 5.74) is 1.04. The van der Waals surface area contributed by atoms with Crippen LogP contribution in [0.4, 0.5) is 0 Å². The van der Waals surface area contributed by atoms with Crippen molar-refractivity contribution >= 4 is 11.9 Å². The van der Waals surface area contributed by atoms with Crippen molar-refractivity contribution in [3.63, 3.8) is 0 Å². The van der Waals surface area contributed by atoms with Crippen molar-refractivity contribution in [2.75, 3.05) is 26.8 Å². The number of ether oxygens (including phenoxy) is 2. The van der Waals surface area contributed by atoms with E-state index in [4.69, 9.17) is 14.6 Å². The third kappa shape index (κ3) is 3.65. The van der Waals surface area contributed by atoms with Crippen molar-refractivity contribution in [1.82, 2.24) is 4.90 Å². The molecule has 1 atom stereocenters. The Morgan fingerprint density at radius 3 is 2.76 bits per heavy atom. The van der Waals surface area contributed by atoms with Gasteiger partial charge in [0.05, 0.1) is 13.0 Å².